The number of rotatable bonds is 3. The van der Waals surface area contributed by atoms with Crippen LogP contribution in [-0.4, -0.2) is 0 Å². The number of fused-ring (bicyclic) bond motifs is 7. The van der Waals surface area contributed by atoms with Crippen LogP contribution in [0.15, 0.2) is 151 Å². The number of hydrogen-bond donors (Lipinski definition) is 0. The molecule has 0 heterocycles. The van der Waals surface area contributed by atoms with Gasteiger partial charge in [0.2, 0.25) is 0 Å². The average Bonchev–Trinajstić information content (AvgIpc) is 3.85. The van der Waals surface area contributed by atoms with E-state index in [0.717, 1.165) is 0 Å². The summed E-state index contributed by atoms with van der Waals surface area (Å²) < 4.78 is 0. The molecule has 0 radical (unpaired) electrons. The number of benzene rings is 5. The van der Waals surface area contributed by atoms with E-state index < -0.39 is 0 Å². The number of allylic oxidation sites excluding steroid dienone is 12. The molecule has 0 saturated heterocycles. The van der Waals surface area contributed by atoms with Crippen molar-refractivity contribution in [2.24, 2.45) is 17.8 Å². The van der Waals surface area contributed by atoms with Crippen molar-refractivity contribution in [3.63, 3.8) is 0 Å². The first-order valence-electron chi connectivity index (χ1n) is 16.9. The highest BCUT2D eigenvalue weighted by molar-refractivity contribution is 6.19. The van der Waals surface area contributed by atoms with Gasteiger partial charge in [-0.15, -0.1) is 0 Å². The van der Waals surface area contributed by atoms with Crippen LogP contribution in [-0.2, 0) is 5.41 Å². The van der Waals surface area contributed by atoms with Gasteiger partial charge in [-0.2, -0.15) is 0 Å². The molecule has 0 spiro atoms. The van der Waals surface area contributed by atoms with Crippen LogP contribution in [0.25, 0.3) is 49.0 Å². The Labute approximate surface area is 265 Å². The first kappa shape index (κ1) is 25.6. The predicted molar refractivity (Wildman–Crippen MR) is 191 cm³/mol. The molecule has 45 heavy (non-hydrogen) atoms. The molecular formula is C45H36. The summed E-state index contributed by atoms with van der Waals surface area (Å²) in [5.74, 6) is 1.87. The second kappa shape index (κ2) is 9.66. The fraction of sp³-hybridized carbons (Fsp3) is 0.200. The van der Waals surface area contributed by atoms with Gasteiger partial charge in [0.1, 0.15) is 0 Å². The first-order chi connectivity index (χ1) is 22.3. The highest BCUT2D eigenvalue weighted by Gasteiger charge is 2.54. The van der Waals surface area contributed by atoms with Crippen molar-refractivity contribution in [2.75, 3.05) is 0 Å². The summed E-state index contributed by atoms with van der Waals surface area (Å²) in [5, 5.41) is 8.16. The van der Waals surface area contributed by atoms with Gasteiger partial charge in [-0.25, -0.2) is 0 Å². The lowest BCUT2D eigenvalue weighted by molar-refractivity contribution is 0.383. The molecule has 5 aromatic rings. The van der Waals surface area contributed by atoms with Crippen LogP contribution in [0.3, 0.4) is 0 Å². The molecule has 5 aliphatic carbocycles. The van der Waals surface area contributed by atoms with Crippen molar-refractivity contribution in [3.05, 3.63) is 162 Å². The molecule has 5 aliphatic rings. The van der Waals surface area contributed by atoms with E-state index in [2.05, 4.69) is 140 Å². The third-order valence-electron chi connectivity index (χ3n) is 11.6. The standard InChI is InChI=1S/C45H36/c1-3-16-33-29(12-1)14-11-22-37(33)43-38-20-7-8-21-40(38)44(45-25-10-9-15-32(45)28-45)42-27-31(23-24-39(42)43)41-26-30-13-2-4-17-34(30)35-18-5-6-19-36(35)41/h1-3,6-16,19-27,32,34-35H,4-5,17-18,28H2. The zero-order chi connectivity index (χ0) is 29.5. The van der Waals surface area contributed by atoms with Crippen LogP contribution in [0.5, 0.6) is 0 Å². The fourth-order valence-electron chi connectivity index (χ4n) is 9.46. The molecule has 216 valence electrons. The van der Waals surface area contributed by atoms with Gasteiger partial charge in [0.15, 0.2) is 0 Å². The Hall–Kier alpha value is -4.68. The smallest absolute Gasteiger partial charge is 0.0216 e. The van der Waals surface area contributed by atoms with E-state index in [-0.39, 0.29) is 5.41 Å². The predicted octanol–water partition coefficient (Wildman–Crippen LogP) is 11.8. The summed E-state index contributed by atoms with van der Waals surface area (Å²) in [7, 11) is 0. The Balaban J connectivity index is 1.31. The molecule has 0 aliphatic heterocycles. The van der Waals surface area contributed by atoms with Crippen molar-refractivity contribution in [2.45, 2.75) is 37.5 Å². The van der Waals surface area contributed by atoms with Gasteiger partial charge in [-0.1, -0.05) is 134 Å². The van der Waals surface area contributed by atoms with Gasteiger partial charge in [-0.05, 0) is 127 Å². The quantitative estimate of drug-likeness (QED) is 0.187. The molecule has 4 unspecified atom stereocenters. The second-order valence-corrected chi connectivity index (χ2v) is 13.9. The minimum Gasteiger partial charge on any atom is -0.0842 e. The van der Waals surface area contributed by atoms with E-state index in [1.54, 1.807) is 5.57 Å². The van der Waals surface area contributed by atoms with Crippen molar-refractivity contribution in [1.29, 1.82) is 0 Å². The van der Waals surface area contributed by atoms with Gasteiger partial charge in [0, 0.05) is 5.41 Å². The normalized spacial score (nSPS) is 26.2. The van der Waals surface area contributed by atoms with E-state index >= 15 is 0 Å². The minimum atomic E-state index is 0.0653. The molecule has 5 aromatic carbocycles. The lowest BCUT2D eigenvalue weighted by Crippen LogP contribution is -2.25. The molecule has 0 bridgehead atoms. The van der Waals surface area contributed by atoms with Crippen LogP contribution >= 0.6 is 0 Å². The van der Waals surface area contributed by atoms with E-state index in [4.69, 9.17) is 0 Å². The molecule has 0 N–H and O–H groups in total. The zero-order valence-corrected chi connectivity index (χ0v) is 25.5. The maximum Gasteiger partial charge on any atom is 0.0216 e. The van der Waals surface area contributed by atoms with E-state index in [0.29, 0.717) is 17.8 Å². The third kappa shape index (κ3) is 3.72. The monoisotopic (exact) mass is 576 g/mol. The molecule has 10 rings (SSSR count). The Bertz CT molecular complexity index is 2260. The molecule has 1 fully saturated rings. The van der Waals surface area contributed by atoms with Crippen LogP contribution in [0, 0.1) is 17.8 Å². The van der Waals surface area contributed by atoms with E-state index in [9.17, 15) is 0 Å². The highest BCUT2D eigenvalue weighted by atomic mass is 14.6. The Morgan fingerprint density at radius 1 is 0.644 bits per heavy atom. The second-order valence-electron chi connectivity index (χ2n) is 13.9. The summed E-state index contributed by atoms with van der Waals surface area (Å²) >= 11 is 0. The Kier molecular flexibility index (Phi) is 5.50. The van der Waals surface area contributed by atoms with Crippen molar-refractivity contribution in [1.82, 2.24) is 0 Å². The molecule has 4 atom stereocenters. The summed E-state index contributed by atoms with van der Waals surface area (Å²) in [6, 6.07) is 32.4. The topological polar surface area (TPSA) is 0 Å². The molecule has 1 saturated carbocycles. The Morgan fingerprint density at radius 2 is 1.42 bits per heavy atom. The lowest BCUT2D eigenvalue weighted by Gasteiger charge is -2.37. The molecule has 0 amide bonds. The van der Waals surface area contributed by atoms with Gasteiger partial charge in [0.25, 0.3) is 0 Å². The zero-order valence-electron chi connectivity index (χ0n) is 25.5. The fourth-order valence-corrected chi connectivity index (χ4v) is 9.46. The van der Waals surface area contributed by atoms with Crippen LogP contribution in [0.4, 0.5) is 0 Å². The number of hydrogen-bond acceptors (Lipinski definition) is 0. The maximum atomic E-state index is 2.58. The van der Waals surface area contributed by atoms with Crippen molar-refractivity contribution >= 4 is 37.9 Å². The van der Waals surface area contributed by atoms with Crippen LogP contribution < -0.4 is 0 Å². The molecule has 0 heteroatoms. The van der Waals surface area contributed by atoms with Gasteiger partial charge in [-0.3, -0.25) is 0 Å². The third-order valence-corrected chi connectivity index (χ3v) is 11.6. The van der Waals surface area contributed by atoms with E-state index in [1.807, 2.05) is 0 Å². The average molecular weight is 577 g/mol. The molecule has 0 aromatic heterocycles. The van der Waals surface area contributed by atoms with Gasteiger partial charge < -0.3 is 0 Å². The van der Waals surface area contributed by atoms with Gasteiger partial charge >= 0.3 is 0 Å². The largest absolute Gasteiger partial charge is 0.0842 e. The van der Waals surface area contributed by atoms with Gasteiger partial charge in [0.05, 0.1) is 0 Å². The summed E-state index contributed by atoms with van der Waals surface area (Å²) in [4.78, 5) is 0. The van der Waals surface area contributed by atoms with Crippen molar-refractivity contribution in [3.8, 4) is 11.1 Å². The minimum absolute atomic E-state index is 0.0653. The lowest BCUT2D eigenvalue weighted by atomic mass is 9.67. The Morgan fingerprint density at radius 3 is 2.33 bits per heavy atom. The van der Waals surface area contributed by atoms with E-state index in [1.165, 1.54) is 97.8 Å². The summed E-state index contributed by atoms with van der Waals surface area (Å²) in [6.07, 6.45) is 27.8. The first-order valence-corrected chi connectivity index (χ1v) is 16.9. The highest BCUT2D eigenvalue weighted by Crippen LogP contribution is 2.62. The maximum absolute atomic E-state index is 2.58. The SMILES string of the molecule is C1=CC2CC2(c2c3ccccc3c(-c3cccc4ccccc34)c3ccc(C4=C5C=CCCC5C5CCC=CC5=C4)cc23)C=C1. The summed E-state index contributed by atoms with van der Waals surface area (Å²) in [6.45, 7) is 0. The van der Waals surface area contributed by atoms with Crippen LogP contribution in [0.2, 0.25) is 0 Å². The molecule has 0 nitrogen and oxygen atoms in total. The summed E-state index contributed by atoms with van der Waals surface area (Å²) in [5.41, 5.74) is 10.2. The van der Waals surface area contributed by atoms with Crippen molar-refractivity contribution < 1.29 is 0 Å². The van der Waals surface area contributed by atoms with Crippen LogP contribution in [0.1, 0.15) is 43.2 Å². The molecular weight excluding hydrogens is 540 g/mol.